The van der Waals surface area contributed by atoms with E-state index >= 15 is 0 Å². The van der Waals surface area contributed by atoms with Crippen LogP contribution in [0.3, 0.4) is 0 Å². The van der Waals surface area contributed by atoms with Gasteiger partial charge in [0.1, 0.15) is 0 Å². The van der Waals surface area contributed by atoms with Crippen LogP contribution in [0.1, 0.15) is 31.7 Å². The van der Waals surface area contributed by atoms with Gasteiger partial charge in [-0.05, 0) is 36.1 Å². The normalized spacial score (nSPS) is 11.4. The molecule has 2 aromatic carbocycles. The van der Waals surface area contributed by atoms with Crippen molar-refractivity contribution in [3.63, 3.8) is 0 Å². The van der Waals surface area contributed by atoms with Crippen molar-refractivity contribution in [2.75, 3.05) is 19.5 Å². The van der Waals surface area contributed by atoms with Gasteiger partial charge in [0.25, 0.3) is 5.56 Å². The zero-order valence-electron chi connectivity index (χ0n) is 15.4. The highest BCUT2D eigenvalue weighted by atomic mass is 32.2. The third-order valence-corrected chi connectivity index (χ3v) is 5.29. The standard InChI is InChI=1S/C21H24N2O2S/c1-15(2)16-9-5-7-12-19(16)23-20(24)17-10-4-6-11-18(17)22-21(23)26-14-8-13-25-3/h4-7,9-12,15H,8,13-14H2,1-3H3. The summed E-state index contributed by atoms with van der Waals surface area (Å²) in [5.41, 5.74) is 2.79. The maximum absolute atomic E-state index is 13.3. The smallest absolute Gasteiger partial charge is 0.266 e. The fraction of sp³-hybridized carbons (Fsp3) is 0.333. The Balaban J connectivity index is 2.19. The molecule has 4 nitrogen and oxygen atoms in total. The van der Waals surface area contributed by atoms with Crippen molar-refractivity contribution in [2.45, 2.75) is 31.3 Å². The Morgan fingerprint density at radius 3 is 2.62 bits per heavy atom. The third kappa shape index (κ3) is 3.84. The lowest BCUT2D eigenvalue weighted by molar-refractivity contribution is 0.200. The molecule has 0 N–H and O–H groups in total. The molecular weight excluding hydrogens is 344 g/mol. The fourth-order valence-electron chi connectivity index (χ4n) is 2.97. The lowest BCUT2D eigenvalue weighted by Crippen LogP contribution is -2.23. The van der Waals surface area contributed by atoms with Crippen LogP contribution in [0.25, 0.3) is 16.6 Å². The first-order chi connectivity index (χ1) is 12.6. The van der Waals surface area contributed by atoms with Crippen molar-refractivity contribution in [3.05, 3.63) is 64.4 Å². The van der Waals surface area contributed by atoms with Gasteiger partial charge in [-0.25, -0.2) is 4.98 Å². The second kappa shape index (κ2) is 8.52. The number of rotatable bonds is 7. The van der Waals surface area contributed by atoms with Gasteiger partial charge in [-0.1, -0.05) is 55.9 Å². The number of ether oxygens (including phenoxy) is 1. The molecule has 0 fully saturated rings. The molecule has 5 heteroatoms. The number of thioether (sulfide) groups is 1. The van der Waals surface area contributed by atoms with Crippen molar-refractivity contribution in [1.29, 1.82) is 0 Å². The zero-order chi connectivity index (χ0) is 18.5. The average Bonchev–Trinajstić information content (AvgIpc) is 2.65. The lowest BCUT2D eigenvalue weighted by Gasteiger charge is -2.18. The van der Waals surface area contributed by atoms with Crippen LogP contribution >= 0.6 is 11.8 Å². The third-order valence-electron chi connectivity index (χ3n) is 4.27. The summed E-state index contributed by atoms with van der Waals surface area (Å²) < 4.78 is 6.91. The predicted molar refractivity (Wildman–Crippen MR) is 109 cm³/mol. The largest absolute Gasteiger partial charge is 0.385 e. The van der Waals surface area contributed by atoms with Crippen molar-refractivity contribution in [3.8, 4) is 5.69 Å². The molecule has 0 aliphatic rings. The van der Waals surface area contributed by atoms with E-state index in [1.165, 1.54) is 0 Å². The van der Waals surface area contributed by atoms with E-state index in [9.17, 15) is 4.79 Å². The first kappa shape index (κ1) is 18.7. The second-order valence-corrected chi connectivity index (χ2v) is 7.52. The molecular formula is C21H24N2O2S. The molecule has 136 valence electrons. The van der Waals surface area contributed by atoms with Gasteiger partial charge in [0.15, 0.2) is 5.16 Å². The van der Waals surface area contributed by atoms with E-state index in [1.54, 1.807) is 23.4 Å². The summed E-state index contributed by atoms with van der Waals surface area (Å²) in [5, 5.41) is 1.38. The Labute approximate surface area is 158 Å². The van der Waals surface area contributed by atoms with Crippen LogP contribution in [0.4, 0.5) is 0 Å². The highest BCUT2D eigenvalue weighted by Gasteiger charge is 2.16. The molecule has 0 aliphatic carbocycles. The number of hydrogen-bond donors (Lipinski definition) is 0. The summed E-state index contributed by atoms with van der Waals surface area (Å²) in [6.07, 6.45) is 0.912. The SMILES string of the molecule is COCCCSc1nc2ccccc2c(=O)n1-c1ccccc1C(C)C. The minimum atomic E-state index is -0.0158. The number of benzene rings is 2. The van der Waals surface area contributed by atoms with E-state index in [1.807, 2.05) is 42.5 Å². The van der Waals surface area contributed by atoms with Crippen LogP contribution in [0, 0.1) is 0 Å². The van der Waals surface area contributed by atoms with Crippen LogP contribution in [-0.2, 0) is 4.74 Å². The Bertz CT molecular complexity index is 950. The summed E-state index contributed by atoms with van der Waals surface area (Å²) in [5.74, 6) is 1.17. The van der Waals surface area contributed by atoms with E-state index < -0.39 is 0 Å². The van der Waals surface area contributed by atoms with E-state index in [4.69, 9.17) is 9.72 Å². The monoisotopic (exact) mass is 368 g/mol. The average molecular weight is 369 g/mol. The number of nitrogens with zero attached hydrogens (tertiary/aromatic N) is 2. The highest BCUT2D eigenvalue weighted by Crippen LogP contribution is 2.27. The van der Waals surface area contributed by atoms with Crippen molar-refractivity contribution in [1.82, 2.24) is 9.55 Å². The summed E-state index contributed by atoms with van der Waals surface area (Å²) >= 11 is 1.60. The topological polar surface area (TPSA) is 44.1 Å². The van der Waals surface area contributed by atoms with Crippen LogP contribution in [-0.4, -0.2) is 29.0 Å². The minimum Gasteiger partial charge on any atom is -0.385 e. The Kier molecular flexibility index (Phi) is 6.12. The van der Waals surface area contributed by atoms with Gasteiger partial charge in [0.05, 0.1) is 16.6 Å². The van der Waals surface area contributed by atoms with Crippen LogP contribution in [0.5, 0.6) is 0 Å². The summed E-state index contributed by atoms with van der Waals surface area (Å²) in [6.45, 7) is 4.99. The van der Waals surface area contributed by atoms with Gasteiger partial charge >= 0.3 is 0 Å². The highest BCUT2D eigenvalue weighted by molar-refractivity contribution is 7.99. The van der Waals surface area contributed by atoms with E-state index in [2.05, 4.69) is 19.9 Å². The number of fused-ring (bicyclic) bond motifs is 1. The fourth-order valence-corrected chi connectivity index (χ4v) is 3.89. The van der Waals surface area contributed by atoms with Gasteiger partial charge in [0.2, 0.25) is 0 Å². The molecule has 0 amide bonds. The number of methoxy groups -OCH3 is 1. The maximum atomic E-state index is 13.3. The Morgan fingerprint density at radius 2 is 1.85 bits per heavy atom. The van der Waals surface area contributed by atoms with Gasteiger partial charge in [-0.3, -0.25) is 9.36 Å². The van der Waals surface area contributed by atoms with Crippen molar-refractivity contribution in [2.24, 2.45) is 0 Å². The second-order valence-electron chi connectivity index (χ2n) is 6.46. The van der Waals surface area contributed by atoms with Gasteiger partial charge in [-0.2, -0.15) is 0 Å². The molecule has 0 unspecified atom stereocenters. The quantitative estimate of drug-likeness (QED) is 0.346. The van der Waals surface area contributed by atoms with Gasteiger partial charge in [-0.15, -0.1) is 0 Å². The molecule has 1 heterocycles. The molecule has 0 aliphatic heterocycles. The molecule has 3 rings (SSSR count). The summed E-state index contributed by atoms with van der Waals surface area (Å²) in [6, 6.07) is 15.6. The van der Waals surface area contributed by atoms with Crippen molar-refractivity contribution < 1.29 is 4.74 Å². The number of aromatic nitrogens is 2. The van der Waals surface area contributed by atoms with E-state index in [0.29, 0.717) is 17.9 Å². The lowest BCUT2D eigenvalue weighted by atomic mass is 10.0. The van der Waals surface area contributed by atoms with E-state index in [0.717, 1.165) is 34.1 Å². The molecule has 26 heavy (non-hydrogen) atoms. The summed E-state index contributed by atoms with van der Waals surface area (Å²) in [7, 11) is 1.70. The predicted octanol–water partition coefficient (Wildman–Crippen LogP) is 4.64. The molecule has 0 radical (unpaired) electrons. The maximum Gasteiger partial charge on any atom is 0.266 e. The molecule has 0 bridgehead atoms. The van der Waals surface area contributed by atoms with Gasteiger partial charge in [0, 0.05) is 19.5 Å². The molecule has 0 atom stereocenters. The van der Waals surface area contributed by atoms with Gasteiger partial charge < -0.3 is 4.74 Å². The minimum absolute atomic E-state index is 0.0158. The molecule has 0 saturated heterocycles. The number of para-hydroxylation sites is 2. The zero-order valence-corrected chi connectivity index (χ0v) is 16.3. The molecule has 3 aromatic rings. The van der Waals surface area contributed by atoms with Crippen LogP contribution in [0.15, 0.2) is 58.5 Å². The first-order valence-corrected chi connectivity index (χ1v) is 9.85. The van der Waals surface area contributed by atoms with Crippen molar-refractivity contribution >= 4 is 22.7 Å². The molecule has 1 aromatic heterocycles. The first-order valence-electron chi connectivity index (χ1n) is 8.86. The summed E-state index contributed by atoms with van der Waals surface area (Å²) in [4.78, 5) is 18.1. The molecule has 0 spiro atoms. The van der Waals surface area contributed by atoms with Crippen LogP contribution in [0.2, 0.25) is 0 Å². The number of hydrogen-bond acceptors (Lipinski definition) is 4. The Hall–Kier alpha value is -2.11. The van der Waals surface area contributed by atoms with Crippen LogP contribution < -0.4 is 5.56 Å². The van der Waals surface area contributed by atoms with E-state index in [-0.39, 0.29) is 5.56 Å². The Morgan fingerprint density at radius 1 is 1.12 bits per heavy atom. The molecule has 0 saturated carbocycles.